The third-order valence-corrected chi connectivity index (χ3v) is 5.75. The van der Waals surface area contributed by atoms with E-state index >= 15 is 0 Å². The van der Waals surface area contributed by atoms with Crippen LogP contribution in [0.5, 0.6) is 0 Å². The largest absolute Gasteiger partial charge is 0.481 e. The Labute approximate surface area is 194 Å². The van der Waals surface area contributed by atoms with Crippen LogP contribution in [0.3, 0.4) is 0 Å². The maximum absolute atomic E-state index is 11.1. The summed E-state index contributed by atoms with van der Waals surface area (Å²) in [6.45, 7) is 4.27. The number of esters is 1. The molecule has 1 aromatic rings. The topological polar surface area (TPSA) is 72.8 Å². The van der Waals surface area contributed by atoms with Crippen LogP contribution in [0.15, 0.2) is 30.3 Å². The van der Waals surface area contributed by atoms with Crippen molar-refractivity contribution >= 4 is 11.9 Å². The molecule has 2 atom stereocenters. The summed E-state index contributed by atoms with van der Waals surface area (Å²) in [7, 11) is 0. The Kier molecular flexibility index (Phi) is 16.4. The van der Waals surface area contributed by atoms with E-state index in [2.05, 4.69) is 31.2 Å². The summed E-state index contributed by atoms with van der Waals surface area (Å²) in [5, 5.41) is 8.90. The SMILES string of the molecule is CCCCC(CCCCCCCCCCC(CC(=O)O)OC(C)=O)OCc1ccccc1. The van der Waals surface area contributed by atoms with Crippen molar-refractivity contribution in [3.63, 3.8) is 0 Å². The van der Waals surface area contributed by atoms with Crippen LogP contribution in [0.4, 0.5) is 0 Å². The van der Waals surface area contributed by atoms with Gasteiger partial charge in [0.15, 0.2) is 0 Å². The molecule has 1 aromatic carbocycles. The van der Waals surface area contributed by atoms with Crippen LogP contribution >= 0.6 is 0 Å². The number of carbonyl (C=O) groups excluding carboxylic acids is 1. The van der Waals surface area contributed by atoms with Crippen molar-refractivity contribution in [3.05, 3.63) is 35.9 Å². The fourth-order valence-corrected chi connectivity index (χ4v) is 3.97. The summed E-state index contributed by atoms with van der Waals surface area (Å²) in [5.74, 6) is -1.32. The molecule has 2 unspecified atom stereocenters. The summed E-state index contributed by atoms with van der Waals surface area (Å²) in [6.07, 6.45) is 14.4. The van der Waals surface area contributed by atoms with Gasteiger partial charge in [-0.15, -0.1) is 0 Å². The van der Waals surface area contributed by atoms with Crippen LogP contribution in [-0.2, 0) is 25.7 Å². The number of ether oxygens (including phenoxy) is 2. The summed E-state index contributed by atoms with van der Waals surface area (Å²) >= 11 is 0. The quantitative estimate of drug-likeness (QED) is 0.171. The standard InChI is InChI=1S/C27H44O5/c1-3-4-18-25(31-22-24-16-12-11-13-17-24)19-14-9-7-5-6-8-10-15-20-26(21-27(29)30)32-23(2)28/h11-13,16-17,25-26H,3-10,14-15,18-22H2,1-2H3,(H,29,30). The summed E-state index contributed by atoms with van der Waals surface area (Å²) in [5.41, 5.74) is 1.25. The van der Waals surface area contributed by atoms with Gasteiger partial charge in [0.1, 0.15) is 6.10 Å². The van der Waals surface area contributed by atoms with Gasteiger partial charge in [0.2, 0.25) is 0 Å². The molecule has 0 aliphatic heterocycles. The highest BCUT2D eigenvalue weighted by molar-refractivity contribution is 5.69. The molecule has 0 saturated carbocycles. The second-order valence-corrected chi connectivity index (χ2v) is 8.80. The van der Waals surface area contributed by atoms with Crippen molar-refractivity contribution in [2.45, 2.75) is 123 Å². The van der Waals surface area contributed by atoms with Crippen LogP contribution in [0.2, 0.25) is 0 Å². The van der Waals surface area contributed by atoms with Crippen molar-refractivity contribution < 1.29 is 24.2 Å². The second-order valence-electron chi connectivity index (χ2n) is 8.80. The molecule has 0 aliphatic carbocycles. The molecule has 5 nitrogen and oxygen atoms in total. The zero-order chi connectivity index (χ0) is 23.4. The third-order valence-electron chi connectivity index (χ3n) is 5.75. The lowest BCUT2D eigenvalue weighted by Gasteiger charge is -2.18. The third kappa shape index (κ3) is 15.9. The van der Waals surface area contributed by atoms with E-state index in [4.69, 9.17) is 14.6 Å². The van der Waals surface area contributed by atoms with Crippen LogP contribution in [0.25, 0.3) is 0 Å². The lowest BCUT2D eigenvalue weighted by molar-refractivity contribution is -0.151. The van der Waals surface area contributed by atoms with E-state index in [0.717, 1.165) is 32.1 Å². The molecule has 0 aliphatic rings. The predicted molar refractivity (Wildman–Crippen MR) is 129 cm³/mol. The van der Waals surface area contributed by atoms with E-state index < -0.39 is 18.0 Å². The van der Waals surface area contributed by atoms with Crippen molar-refractivity contribution in [3.8, 4) is 0 Å². The fourth-order valence-electron chi connectivity index (χ4n) is 3.97. The normalized spacial score (nSPS) is 12.9. The Hall–Kier alpha value is -1.88. The number of rotatable bonds is 20. The fraction of sp³-hybridized carbons (Fsp3) is 0.704. The molecule has 0 bridgehead atoms. The van der Waals surface area contributed by atoms with Crippen LogP contribution < -0.4 is 0 Å². The minimum Gasteiger partial charge on any atom is -0.481 e. The van der Waals surface area contributed by atoms with Crippen molar-refractivity contribution in [1.82, 2.24) is 0 Å². The van der Waals surface area contributed by atoms with Gasteiger partial charge in [-0.05, 0) is 31.2 Å². The molecule has 5 heteroatoms. The molecule has 182 valence electrons. The first kappa shape index (κ1) is 28.2. The predicted octanol–water partition coefficient (Wildman–Crippen LogP) is 7.07. The zero-order valence-corrected chi connectivity index (χ0v) is 20.2. The van der Waals surface area contributed by atoms with Gasteiger partial charge in [-0.3, -0.25) is 9.59 Å². The summed E-state index contributed by atoms with van der Waals surface area (Å²) in [6, 6.07) is 10.4. The first-order chi connectivity index (χ1) is 15.5. The Bertz CT molecular complexity index is 585. The summed E-state index contributed by atoms with van der Waals surface area (Å²) < 4.78 is 11.3. The van der Waals surface area contributed by atoms with Gasteiger partial charge in [-0.25, -0.2) is 0 Å². The molecule has 0 heterocycles. The van der Waals surface area contributed by atoms with E-state index in [1.807, 2.05) is 6.07 Å². The molecule has 0 saturated heterocycles. The highest BCUT2D eigenvalue weighted by Crippen LogP contribution is 2.18. The van der Waals surface area contributed by atoms with E-state index in [9.17, 15) is 9.59 Å². The molecule has 0 spiro atoms. The monoisotopic (exact) mass is 448 g/mol. The molecular formula is C27H44O5. The van der Waals surface area contributed by atoms with E-state index in [1.54, 1.807) is 0 Å². The maximum Gasteiger partial charge on any atom is 0.307 e. The van der Waals surface area contributed by atoms with E-state index in [-0.39, 0.29) is 6.42 Å². The highest BCUT2D eigenvalue weighted by atomic mass is 16.5. The van der Waals surface area contributed by atoms with Gasteiger partial charge in [0.05, 0.1) is 19.1 Å². The van der Waals surface area contributed by atoms with Gasteiger partial charge < -0.3 is 14.6 Å². The zero-order valence-electron chi connectivity index (χ0n) is 20.2. The van der Waals surface area contributed by atoms with Crippen LogP contribution in [-0.4, -0.2) is 29.3 Å². The molecule has 0 radical (unpaired) electrons. The Morgan fingerprint density at radius 3 is 1.88 bits per heavy atom. The molecule has 1 rings (SSSR count). The molecule has 1 N–H and O–H groups in total. The Morgan fingerprint density at radius 2 is 1.34 bits per heavy atom. The maximum atomic E-state index is 11.1. The smallest absolute Gasteiger partial charge is 0.307 e. The number of benzene rings is 1. The first-order valence-electron chi connectivity index (χ1n) is 12.6. The number of carboxylic acids is 1. The van der Waals surface area contributed by atoms with Crippen molar-refractivity contribution in [1.29, 1.82) is 0 Å². The summed E-state index contributed by atoms with van der Waals surface area (Å²) in [4.78, 5) is 21.9. The van der Waals surface area contributed by atoms with Crippen molar-refractivity contribution in [2.24, 2.45) is 0 Å². The average Bonchev–Trinajstić information content (AvgIpc) is 2.76. The number of hydrogen-bond donors (Lipinski definition) is 1. The molecular weight excluding hydrogens is 404 g/mol. The minimum atomic E-state index is -0.918. The second kappa shape index (κ2) is 18.7. The van der Waals surface area contributed by atoms with E-state index in [1.165, 1.54) is 57.4 Å². The lowest BCUT2D eigenvalue weighted by Crippen LogP contribution is -2.20. The minimum absolute atomic E-state index is 0.103. The van der Waals surface area contributed by atoms with E-state index in [0.29, 0.717) is 19.1 Å². The number of carbonyl (C=O) groups is 2. The van der Waals surface area contributed by atoms with Crippen LogP contribution in [0.1, 0.15) is 109 Å². The molecule has 0 amide bonds. The number of hydrogen-bond acceptors (Lipinski definition) is 4. The first-order valence-corrected chi connectivity index (χ1v) is 12.6. The van der Waals surface area contributed by atoms with Gasteiger partial charge in [0.25, 0.3) is 0 Å². The van der Waals surface area contributed by atoms with Gasteiger partial charge in [0, 0.05) is 6.92 Å². The lowest BCUT2D eigenvalue weighted by atomic mass is 10.0. The van der Waals surface area contributed by atoms with Crippen LogP contribution in [0, 0.1) is 0 Å². The molecule has 0 fully saturated rings. The average molecular weight is 449 g/mol. The van der Waals surface area contributed by atoms with Gasteiger partial charge >= 0.3 is 11.9 Å². The number of aliphatic carboxylic acids is 1. The van der Waals surface area contributed by atoms with Gasteiger partial charge in [-0.2, -0.15) is 0 Å². The number of carboxylic acid groups (broad SMARTS) is 1. The van der Waals surface area contributed by atoms with Gasteiger partial charge in [-0.1, -0.05) is 95.0 Å². The number of unbranched alkanes of at least 4 members (excludes halogenated alkanes) is 8. The Balaban J connectivity index is 2.07. The van der Waals surface area contributed by atoms with Crippen molar-refractivity contribution in [2.75, 3.05) is 0 Å². The molecule has 32 heavy (non-hydrogen) atoms. The molecule has 0 aromatic heterocycles. The Morgan fingerprint density at radius 1 is 0.812 bits per heavy atom. The highest BCUT2D eigenvalue weighted by Gasteiger charge is 2.15.